The first kappa shape index (κ1) is 19.5. The van der Waals surface area contributed by atoms with Gasteiger partial charge < -0.3 is 14.6 Å². The first-order valence-electron chi connectivity index (χ1n) is 9.87. The van der Waals surface area contributed by atoms with Crippen molar-refractivity contribution in [2.45, 2.75) is 83.5 Å². The Bertz CT molecular complexity index is 415. The molecule has 0 bridgehead atoms. The highest BCUT2D eigenvalue weighted by atomic mass is 16.7. The third kappa shape index (κ3) is 7.83. The lowest BCUT2D eigenvalue weighted by Gasteiger charge is -2.25. The first-order chi connectivity index (χ1) is 11.8. The molecular weight excluding hydrogens is 300 g/mol. The third-order valence-electron chi connectivity index (χ3n) is 4.98. The second-order valence-corrected chi connectivity index (χ2v) is 7.11. The van der Waals surface area contributed by atoms with Crippen LogP contribution >= 0.6 is 0 Å². The minimum absolute atomic E-state index is 0.00707. The number of allylic oxidation sites excluding steroid dienone is 2. The van der Waals surface area contributed by atoms with Gasteiger partial charge >= 0.3 is 0 Å². The number of ether oxygens (including phenoxy) is 2. The second-order valence-electron chi connectivity index (χ2n) is 7.11. The summed E-state index contributed by atoms with van der Waals surface area (Å²) in [5.74, 6) is 7.95. The molecule has 0 spiro atoms. The molecule has 2 unspecified atom stereocenters. The largest absolute Gasteiger partial charge is 0.396 e. The maximum absolute atomic E-state index is 8.92. The molecule has 0 aromatic rings. The van der Waals surface area contributed by atoms with Crippen LogP contribution in [0.15, 0.2) is 12.2 Å². The number of hydrogen-bond acceptors (Lipinski definition) is 3. The molecular formula is C21H34O3. The summed E-state index contributed by atoms with van der Waals surface area (Å²) in [7, 11) is 0. The summed E-state index contributed by atoms with van der Waals surface area (Å²) in [5.41, 5.74) is 0. The Morgan fingerprint density at radius 3 is 2.96 bits per heavy atom. The van der Waals surface area contributed by atoms with Gasteiger partial charge in [-0.3, -0.25) is 0 Å². The van der Waals surface area contributed by atoms with E-state index in [9.17, 15) is 0 Å². The Balaban J connectivity index is 1.72. The molecule has 136 valence electrons. The van der Waals surface area contributed by atoms with Crippen molar-refractivity contribution in [3.63, 3.8) is 0 Å². The average Bonchev–Trinajstić information content (AvgIpc) is 3.34. The summed E-state index contributed by atoms with van der Waals surface area (Å²) in [6.07, 6.45) is 15.3. The molecule has 3 heteroatoms. The standard InChI is InChI=1S/C21H34O3/c1-2-3-5-11-20(24-21-13-8-9-16-23-21)12-7-4-6-10-18-17-19(18)14-15-22/h4,6,18-22H,2-3,5,8-11,13-17H2,1H3/t18-,19-,20?,21?/m1/s1. The quantitative estimate of drug-likeness (QED) is 0.474. The number of aliphatic hydroxyl groups is 1. The van der Waals surface area contributed by atoms with Crippen LogP contribution in [-0.2, 0) is 9.47 Å². The Morgan fingerprint density at radius 1 is 1.29 bits per heavy atom. The molecule has 1 saturated heterocycles. The van der Waals surface area contributed by atoms with E-state index in [-0.39, 0.29) is 12.4 Å². The van der Waals surface area contributed by atoms with Crippen LogP contribution in [0.5, 0.6) is 0 Å². The highest BCUT2D eigenvalue weighted by Crippen LogP contribution is 2.43. The van der Waals surface area contributed by atoms with Crippen molar-refractivity contribution in [1.29, 1.82) is 0 Å². The molecule has 1 N–H and O–H groups in total. The molecule has 0 radical (unpaired) electrons. The Labute approximate surface area is 147 Å². The van der Waals surface area contributed by atoms with Gasteiger partial charge in [0, 0.05) is 13.2 Å². The van der Waals surface area contributed by atoms with Gasteiger partial charge in [-0.1, -0.05) is 37.7 Å². The van der Waals surface area contributed by atoms with Gasteiger partial charge in [0.15, 0.2) is 6.29 Å². The van der Waals surface area contributed by atoms with Crippen LogP contribution in [0.3, 0.4) is 0 Å². The minimum Gasteiger partial charge on any atom is -0.396 e. The minimum atomic E-state index is -0.0608. The van der Waals surface area contributed by atoms with E-state index in [2.05, 4.69) is 24.8 Å². The smallest absolute Gasteiger partial charge is 0.159 e. The van der Waals surface area contributed by atoms with E-state index in [1.165, 1.54) is 25.7 Å². The van der Waals surface area contributed by atoms with Gasteiger partial charge in [0.2, 0.25) is 0 Å². The van der Waals surface area contributed by atoms with Crippen LogP contribution in [0.25, 0.3) is 0 Å². The Hall–Kier alpha value is -0.820. The zero-order valence-corrected chi connectivity index (χ0v) is 15.2. The first-order valence-corrected chi connectivity index (χ1v) is 9.87. The zero-order chi connectivity index (χ0) is 17.0. The van der Waals surface area contributed by atoms with E-state index in [0.29, 0.717) is 6.61 Å². The number of aliphatic hydroxyl groups excluding tert-OH is 1. The molecule has 2 fully saturated rings. The topological polar surface area (TPSA) is 38.7 Å². The van der Waals surface area contributed by atoms with Crippen LogP contribution in [0, 0.1) is 23.7 Å². The molecule has 2 rings (SSSR count). The lowest BCUT2D eigenvalue weighted by Crippen LogP contribution is -2.27. The van der Waals surface area contributed by atoms with Crippen molar-refractivity contribution in [1.82, 2.24) is 0 Å². The van der Waals surface area contributed by atoms with Gasteiger partial charge in [-0.25, -0.2) is 0 Å². The van der Waals surface area contributed by atoms with E-state index >= 15 is 0 Å². The predicted molar refractivity (Wildman–Crippen MR) is 97.4 cm³/mol. The normalized spacial score (nSPS) is 27.7. The highest BCUT2D eigenvalue weighted by molar-refractivity contribution is 5.18. The van der Waals surface area contributed by atoms with Crippen LogP contribution in [0.1, 0.15) is 71.1 Å². The van der Waals surface area contributed by atoms with Crippen molar-refractivity contribution in [2.24, 2.45) is 11.8 Å². The fourth-order valence-electron chi connectivity index (χ4n) is 3.32. The van der Waals surface area contributed by atoms with E-state index < -0.39 is 0 Å². The van der Waals surface area contributed by atoms with Crippen LogP contribution < -0.4 is 0 Å². The Morgan fingerprint density at radius 2 is 2.21 bits per heavy atom. The monoisotopic (exact) mass is 334 g/mol. The summed E-state index contributed by atoms with van der Waals surface area (Å²) in [5, 5.41) is 8.92. The maximum atomic E-state index is 8.92. The van der Waals surface area contributed by atoms with Gasteiger partial charge in [-0.05, 0) is 69.3 Å². The molecule has 1 aliphatic heterocycles. The molecule has 1 aliphatic carbocycles. The van der Waals surface area contributed by atoms with Crippen LogP contribution in [-0.4, -0.2) is 30.7 Å². The molecule has 24 heavy (non-hydrogen) atoms. The van der Waals surface area contributed by atoms with Crippen molar-refractivity contribution >= 4 is 0 Å². The van der Waals surface area contributed by atoms with Gasteiger partial charge in [0.25, 0.3) is 0 Å². The molecule has 0 amide bonds. The van der Waals surface area contributed by atoms with Crippen molar-refractivity contribution in [2.75, 3.05) is 13.2 Å². The zero-order valence-electron chi connectivity index (χ0n) is 15.2. The summed E-state index contributed by atoms with van der Waals surface area (Å²) < 4.78 is 11.8. The molecule has 1 heterocycles. The Kier molecular flexibility index (Phi) is 9.50. The van der Waals surface area contributed by atoms with Crippen molar-refractivity contribution in [3.05, 3.63) is 12.2 Å². The SMILES string of the molecule is CCCCCC(C#CC=CC[C@@H]1C[C@H]1CCO)OC1CCCCO1. The fraction of sp³-hybridized carbons (Fsp3) is 0.810. The van der Waals surface area contributed by atoms with Gasteiger partial charge in [-0.15, -0.1) is 0 Å². The third-order valence-corrected chi connectivity index (χ3v) is 4.98. The molecule has 3 nitrogen and oxygen atoms in total. The molecule has 2 aliphatic rings. The molecule has 0 aromatic carbocycles. The summed E-state index contributed by atoms with van der Waals surface area (Å²) in [4.78, 5) is 0. The number of hydrogen-bond donors (Lipinski definition) is 1. The number of unbranched alkanes of at least 4 members (excludes halogenated alkanes) is 2. The van der Waals surface area contributed by atoms with Gasteiger partial charge in [0.05, 0.1) is 0 Å². The van der Waals surface area contributed by atoms with Crippen LogP contribution in [0.4, 0.5) is 0 Å². The molecule has 1 saturated carbocycles. The summed E-state index contributed by atoms with van der Waals surface area (Å²) in [6, 6.07) is 0. The highest BCUT2D eigenvalue weighted by Gasteiger charge is 2.34. The molecule has 4 atom stereocenters. The predicted octanol–water partition coefficient (Wildman–Crippen LogP) is 4.45. The molecule has 0 aromatic heterocycles. The average molecular weight is 335 g/mol. The van der Waals surface area contributed by atoms with Gasteiger partial charge in [-0.2, -0.15) is 0 Å². The van der Waals surface area contributed by atoms with Crippen molar-refractivity contribution < 1.29 is 14.6 Å². The lowest BCUT2D eigenvalue weighted by atomic mass is 10.1. The van der Waals surface area contributed by atoms with E-state index in [1.807, 2.05) is 6.08 Å². The lowest BCUT2D eigenvalue weighted by molar-refractivity contribution is -0.177. The second kappa shape index (κ2) is 11.7. The summed E-state index contributed by atoms with van der Waals surface area (Å²) >= 11 is 0. The maximum Gasteiger partial charge on any atom is 0.159 e. The van der Waals surface area contributed by atoms with Crippen LogP contribution in [0.2, 0.25) is 0 Å². The van der Waals surface area contributed by atoms with E-state index in [4.69, 9.17) is 14.6 Å². The van der Waals surface area contributed by atoms with Crippen molar-refractivity contribution in [3.8, 4) is 11.8 Å². The van der Waals surface area contributed by atoms with Gasteiger partial charge in [0.1, 0.15) is 6.10 Å². The van der Waals surface area contributed by atoms with E-state index in [0.717, 1.165) is 57.0 Å². The fourth-order valence-corrected chi connectivity index (χ4v) is 3.32. The number of rotatable bonds is 10. The van der Waals surface area contributed by atoms with E-state index in [1.54, 1.807) is 0 Å². The summed E-state index contributed by atoms with van der Waals surface area (Å²) in [6.45, 7) is 3.36.